The van der Waals surface area contributed by atoms with E-state index in [-0.39, 0.29) is 0 Å². The maximum absolute atomic E-state index is 4.67. The normalized spacial score (nSPS) is 13.5. The van der Waals surface area contributed by atoms with E-state index in [0.717, 1.165) is 33.3 Å². The molecular formula is C16H13N3S2. The summed E-state index contributed by atoms with van der Waals surface area (Å²) in [5.74, 6) is 0. The predicted molar refractivity (Wildman–Crippen MR) is 91.4 cm³/mol. The first-order valence-corrected chi connectivity index (χ1v) is 8.88. The predicted octanol–water partition coefficient (Wildman–Crippen LogP) is 4.60. The van der Waals surface area contributed by atoms with Gasteiger partial charge in [0.05, 0.1) is 21.8 Å². The van der Waals surface area contributed by atoms with E-state index < -0.39 is 0 Å². The Kier molecular flexibility index (Phi) is 3.24. The molecule has 0 saturated heterocycles. The van der Waals surface area contributed by atoms with Crippen LogP contribution >= 0.6 is 21.6 Å². The zero-order valence-corrected chi connectivity index (χ0v) is 13.1. The average Bonchev–Trinajstić information content (AvgIpc) is 3.07. The molecule has 1 aliphatic heterocycles. The van der Waals surface area contributed by atoms with Crippen LogP contribution in [0.3, 0.4) is 0 Å². The number of para-hydroxylation sites is 3. The second-order valence-electron chi connectivity index (χ2n) is 4.92. The summed E-state index contributed by atoms with van der Waals surface area (Å²) in [5, 5.41) is 2.16. The van der Waals surface area contributed by atoms with E-state index in [2.05, 4.69) is 45.9 Å². The lowest BCUT2D eigenvalue weighted by atomic mass is 10.2. The maximum atomic E-state index is 4.67. The van der Waals surface area contributed by atoms with E-state index in [9.17, 15) is 0 Å². The molecule has 4 rings (SSSR count). The summed E-state index contributed by atoms with van der Waals surface area (Å²) in [6.07, 6.45) is 0.928. The van der Waals surface area contributed by atoms with E-state index in [1.165, 1.54) is 5.56 Å². The van der Waals surface area contributed by atoms with Crippen molar-refractivity contribution in [2.45, 2.75) is 11.6 Å². The summed E-state index contributed by atoms with van der Waals surface area (Å²) in [7, 11) is 5.44. The fourth-order valence-corrected chi connectivity index (χ4v) is 4.55. The second-order valence-corrected chi connectivity index (χ2v) is 7.09. The average molecular weight is 311 g/mol. The topological polar surface area (TPSA) is 30.2 Å². The third-order valence-electron chi connectivity index (χ3n) is 3.54. The van der Waals surface area contributed by atoms with Gasteiger partial charge in [-0.25, -0.2) is 9.98 Å². The lowest BCUT2D eigenvalue weighted by Crippen LogP contribution is -1.92. The van der Waals surface area contributed by atoms with Gasteiger partial charge in [0, 0.05) is 13.5 Å². The molecule has 1 aromatic heterocycles. The summed E-state index contributed by atoms with van der Waals surface area (Å²) >= 11 is 0. The van der Waals surface area contributed by atoms with Crippen molar-refractivity contribution >= 4 is 43.4 Å². The third-order valence-corrected chi connectivity index (χ3v) is 5.84. The Balaban J connectivity index is 1.54. The first-order chi connectivity index (χ1) is 10.3. The Hall–Kier alpha value is -1.72. The molecule has 104 valence electrons. The second kappa shape index (κ2) is 5.24. The number of nitrogens with zero attached hydrogens (tertiary/aromatic N) is 3. The smallest absolute Gasteiger partial charge is 0.179 e. The van der Waals surface area contributed by atoms with Gasteiger partial charge in [-0.3, -0.25) is 0 Å². The minimum Gasteiger partial charge on any atom is -0.321 e. The van der Waals surface area contributed by atoms with Crippen molar-refractivity contribution in [2.75, 3.05) is 0 Å². The number of imidazole rings is 1. The highest BCUT2D eigenvalue weighted by atomic mass is 33.1. The molecule has 3 aromatic rings. The Morgan fingerprint density at radius 1 is 1.00 bits per heavy atom. The minimum absolute atomic E-state index is 0.928. The van der Waals surface area contributed by atoms with Gasteiger partial charge in [0.25, 0.3) is 0 Å². The Morgan fingerprint density at radius 2 is 1.81 bits per heavy atom. The molecule has 2 aromatic carbocycles. The lowest BCUT2D eigenvalue weighted by Gasteiger charge is -2.01. The largest absolute Gasteiger partial charge is 0.321 e. The van der Waals surface area contributed by atoms with E-state index in [1.54, 1.807) is 21.6 Å². The van der Waals surface area contributed by atoms with Crippen LogP contribution in [0.25, 0.3) is 11.0 Å². The standard InChI is InChI=1S/C16H13N3S2/c1-19-14-9-5-4-8-13(14)18-16(19)21-20-15-10-11-6-2-3-7-12(11)17-15/h2-9H,10H2,1H3. The van der Waals surface area contributed by atoms with Crippen molar-refractivity contribution in [1.82, 2.24) is 9.55 Å². The summed E-state index contributed by atoms with van der Waals surface area (Å²) in [5.41, 5.74) is 4.62. The Labute approximate surface area is 130 Å². The number of benzene rings is 2. The molecule has 1 aliphatic rings. The molecular weight excluding hydrogens is 298 g/mol. The van der Waals surface area contributed by atoms with Gasteiger partial charge in [-0.15, -0.1) is 0 Å². The quantitative estimate of drug-likeness (QED) is 0.648. The summed E-state index contributed by atoms with van der Waals surface area (Å²) < 4.78 is 2.13. The van der Waals surface area contributed by atoms with Crippen LogP contribution in [0.5, 0.6) is 0 Å². The molecule has 0 radical (unpaired) electrons. The SMILES string of the molecule is Cn1c(SSC2=Nc3ccccc3C2)nc2ccccc21. The van der Waals surface area contributed by atoms with Gasteiger partial charge in [-0.05, 0) is 45.4 Å². The molecule has 0 unspecified atom stereocenters. The zero-order valence-electron chi connectivity index (χ0n) is 11.5. The zero-order chi connectivity index (χ0) is 14.2. The number of aromatic nitrogens is 2. The van der Waals surface area contributed by atoms with Crippen LogP contribution in [-0.2, 0) is 13.5 Å². The molecule has 3 nitrogen and oxygen atoms in total. The Morgan fingerprint density at radius 3 is 2.67 bits per heavy atom. The first-order valence-electron chi connectivity index (χ1n) is 6.73. The van der Waals surface area contributed by atoms with Crippen molar-refractivity contribution in [2.24, 2.45) is 12.0 Å². The van der Waals surface area contributed by atoms with Gasteiger partial charge in [0.15, 0.2) is 5.16 Å². The highest BCUT2D eigenvalue weighted by molar-refractivity contribution is 8.82. The molecule has 5 heteroatoms. The van der Waals surface area contributed by atoms with Crippen LogP contribution in [0.2, 0.25) is 0 Å². The first kappa shape index (κ1) is 13.0. The van der Waals surface area contributed by atoms with Gasteiger partial charge >= 0.3 is 0 Å². The molecule has 0 amide bonds. The number of hydrogen-bond acceptors (Lipinski definition) is 4. The van der Waals surface area contributed by atoms with E-state index >= 15 is 0 Å². The molecule has 21 heavy (non-hydrogen) atoms. The van der Waals surface area contributed by atoms with Gasteiger partial charge < -0.3 is 4.57 Å². The Bertz CT molecular complexity index is 852. The van der Waals surface area contributed by atoms with Gasteiger partial charge in [0.2, 0.25) is 0 Å². The fourth-order valence-electron chi connectivity index (χ4n) is 2.44. The molecule has 0 aliphatic carbocycles. The van der Waals surface area contributed by atoms with Gasteiger partial charge in [-0.2, -0.15) is 0 Å². The lowest BCUT2D eigenvalue weighted by molar-refractivity contribution is 0.819. The van der Waals surface area contributed by atoms with Crippen molar-refractivity contribution in [3.63, 3.8) is 0 Å². The van der Waals surface area contributed by atoms with Gasteiger partial charge in [-0.1, -0.05) is 30.3 Å². The van der Waals surface area contributed by atoms with Crippen LogP contribution in [0, 0.1) is 0 Å². The molecule has 0 spiro atoms. The fraction of sp³-hybridized carbons (Fsp3) is 0.125. The van der Waals surface area contributed by atoms with Crippen LogP contribution < -0.4 is 0 Å². The molecule has 0 fully saturated rings. The van der Waals surface area contributed by atoms with Crippen LogP contribution in [0.4, 0.5) is 5.69 Å². The summed E-state index contributed by atoms with van der Waals surface area (Å²) in [6, 6.07) is 16.5. The third kappa shape index (κ3) is 2.36. The molecule has 0 saturated carbocycles. The highest BCUT2D eigenvalue weighted by Gasteiger charge is 2.16. The molecule has 0 atom stereocenters. The summed E-state index contributed by atoms with van der Waals surface area (Å²) in [4.78, 5) is 9.34. The number of rotatable bonds is 2. The highest BCUT2D eigenvalue weighted by Crippen LogP contribution is 2.38. The van der Waals surface area contributed by atoms with Crippen LogP contribution in [0.1, 0.15) is 5.56 Å². The number of aryl methyl sites for hydroxylation is 1. The van der Waals surface area contributed by atoms with Crippen molar-refractivity contribution in [3.05, 3.63) is 54.1 Å². The molecule has 0 bridgehead atoms. The van der Waals surface area contributed by atoms with Crippen LogP contribution in [0.15, 0.2) is 58.7 Å². The number of fused-ring (bicyclic) bond motifs is 2. The van der Waals surface area contributed by atoms with Crippen molar-refractivity contribution < 1.29 is 0 Å². The van der Waals surface area contributed by atoms with Gasteiger partial charge in [0.1, 0.15) is 0 Å². The molecule has 0 N–H and O–H groups in total. The maximum Gasteiger partial charge on any atom is 0.179 e. The number of hydrogen-bond donors (Lipinski definition) is 0. The van der Waals surface area contributed by atoms with E-state index in [1.807, 2.05) is 24.3 Å². The summed E-state index contributed by atoms with van der Waals surface area (Å²) in [6.45, 7) is 0. The molecule has 2 heterocycles. The van der Waals surface area contributed by atoms with E-state index in [0.29, 0.717) is 0 Å². The van der Waals surface area contributed by atoms with Crippen molar-refractivity contribution in [1.29, 1.82) is 0 Å². The number of aliphatic imine (C=N–C) groups is 1. The monoisotopic (exact) mass is 311 g/mol. The van der Waals surface area contributed by atoms with Crippen molar-refractivity contribution in [3.8, 4) is 0 Å². The minimum atomic E-state index is 0.928. The van der Waals surface area contributed by atoms with E-state index in [4.69, 9.17) is 0 Å². The van der Waals surface area contributed by atoms with Crippen LogP contribution in [-0.4, -0.2) is 14.6 Å².